The van der Waals surface area contributed by atoms with Crippen LogP contribution in [0.5, 0.6) is 5.75 Å². The van der Waals surface area contributed by atoms with Crippen LogP contribution in [0.25, 0.3) is 0 Å². The number of ether oxygens (including phenoxy) is 2. The van der Waals surface area contributed by atoms with Crippen LogP contribution in [0.1, 0.15) is 41.0 Å². The molecule has 0 saturated carbocycles. The van der Waals surface area contributed by atoms with Crippen LogP contribution < -0.4 is 10.5 Å². The van der Waals surface area contributed by atoms with E-state index < -0.39 is 0 Å². The van der Waals surface area contributed by atoms with Crippen LogP contribution in [-0.4, -0.2) is 23.1 Å². The third-order valence-corrected chi connectivity index (χ3v) is 5.18. The second-order valence-corrected chi connectivity index (χ2v) is 7.65. The second kappa shape index (κ2) is 5.49. The summed E-state index contributed by atoms with van der Waals surface area (Å²) in [6.07, 6.45) is 1.02. The van der Waals surface area contributed by atoms with Gasteiger partial charge in [-0.15, -0.1) is 11.8 Å². The van der Waals surface area contributed by atoms with Crippen LogP contribution in [0.2, 0.25) is 0 Å². The average Bonchev–Trinajstić information content (AvgIpc) is 2.51. The van der Waals surface area contributed by atoms with E-state index in [0.717, 1.165) is 22.8 Å². The predicted octanol–water partition coefficient (Wildman–Crippen LogP) is 4.11. The van der Waals surface area contributed by atoms with Gasteiger partial charge in [0.1, 0.15) is 5.75 Å². The fourth-order valence-electron chi connectivity index (χ4n) is 2.72. The van der Waals surface area contributed by atoms with Gasteiger partial charge in [0, 0.05) is 15.8 Å². The van der Waals surface area contributed by atoms with Gasteiger partial charge in [-0.2, -0.15) is 0 Å². The summed E-state index contributed by atoms with van der Waals surface area (Å²) < 4.78 is 11.7. The van der Waals surface area contributed by atoms with Crippen molar-refractivity contribution in [1.29, 1.82) is 0 Å². The molecule has 0 amide bonds. The molecule has 1 heterocycles. The number of hydrogen-bond acceptors (Lipinski definition) is 4. The second-order valence-electron chi connectivity index (χ2n) is 6.41. The van der Waals surface area contributed by atoms with Crippen molar-refractivity contribution in [2.45, 2.75) is 62.4 Å². The Morgan fingerprint density at radius 3 is 2.60 bits per heavy atom. The van der Waals surface area contributed by atoms with Crippen LogP contribution in [0.3, 0.4) is 0 Å². The smallest absolute Gasteiger partial charge is 0.120 e. The van der Waals surface area contributed by atoms with E-state index in [2.05, 4.69) is 27.7 Å². The molecule has 0 spiro atoms. The molecular formula is C16H25NO2S. The van der Waals surface area contributed by atoms with Gasteiger partial charge in [0.25, 0.3) is 0 Å². The molecule has 112 valence electrons. The van der Waals surface area contributed by atoms with E-state index >= 15 is 0 Å². The zero-order chi connectivity index (χ0) is 15.0. The minimum absolute atomic E-state index is 0.0759. The molecule has 1 fully saturated rings. The van der Waals surface area contributed by atoms with Gasteiger partial charge in [-0.3, -0.25) is 0 Å². The van der Waals surface area contributed by atoms with Gasteiger partial charge < -0.3 is 15.2 Å². The molecule has 4 heteroatoms. The summed E-state index contributed by atoms with van der Waals surface area (Å²) in [5.41, 5.74) is 6.68. The van der Waals surface area contributed by atoms with Crippen LogP contribution in [0, 0.1) is 0 Å². The Morgan fingerprint density at radius 1 is 1.35 bits per heavy atom. The molecule has 2 rings (SSSR count). The lowest BCUT2D eigenvalue weighted by atomic mass is 10.0. The number of nitrogens with two attached hydrogens (primary N) is 1. The number of thioether (sulfide) groups is 1. The number of rotatable bonds is 4. The van der Waals surface area contributed by atoms with Gasteiger partial charge in [0.05, 0.1) is 17.8 Å². The van der Waals surface area contributed by atoms with E-state index in [9.17, 15) is 0 Å². The average molecular weight is 295 g/mol. The predicted molar refractivity (Wildman–Crippen MR) is 85.5 cm³/mol. The van der Waals surface area contributed by atoms with E-state index in [0.29, 0.717) is 11.9 Å². The van der Waals surface area contributed by atoms with Gasteiger partial charge in [-0.25, -0.2) is 0 Å². The van der Waals surface area contributed by atoms with Crippen LogP contribution in [0.15, 0.2) is 23.1 Å². The molecular weight excluding hydrogens is 270 g/mol. The summed E-state index contributed by atoms with van der Waals surface area (Å²) >= 11 is 1.80. The van der Waals surface area contributed by atoms with Crippen molar-refractivity contribution in [3.8, 4) is 5.75 Å². The summed E-state index contributed by atoms with van der Waals surface area (Å²) in [4.78, 5) is 1.08. The van der Waals surface area contributed by atoms with Crippen molar-refractivity contribution in [1.82, 2.24) is 0 Å². The number of nitrogen functional groups attached to an aromatic ring is 1. The first-order valence-electron chi connectivity index (χ1n) is 7.13. The minimum atomic E-state index is -0.151. The summed E-state index contributed by atoms with van der Waals surface area (Å²) in [6.45, 7) is 11.3. The normalized spacial score (nSPS) is 23.8. The zero-order valence-electron chi connectivity index (χ0n) is 13.0. The first kappa shape index (κ1) is 15.5. The van der Waals surface area contributed by atoms with E-state index in [1.807, 2.05) is 25.1 Å². The largest absolute Gasteiger partial charge is 0.494 e. The highest BCUT2D eigenvalue weighted by atomic mass is 32.2. The maximum absolute atomic E-state index is 6.15. The van der Waals surface area contributed by atoms with Gasteiger partial charge in [0.15, 0.2) is 0 Å². The molecule has 1 aliphatic heterocycles. The highest BCUT2D eigenvalue weighted by Gasteiger charge is 2.46. The summed E-state index contributed by atoms with van der Waals surface area (Å²) in [6, 6.07) is 5.87. The Balaban J connectivity index is 2.19. The lowest BCUT2D eigenvalue weighted by Crippen LogP contribution is -2.30. The Morgan fingerprint density at radius 2 is 2.05 bits per heavy atom. The molecule has 1 aromatic carbocycles. The summed E-state index contributed by atoms with van der Waals surface area (Å²) in [5, 5.41) is 0.386. The Hall–Kier alpha value is -0.870. The molecule has 0 radical (unpaired) electrons. The summed E-state index contributed by atoms with van der Waals surface area (Å²) in [5.74, 6) is 0.875. The lowest BCUT2D eigenvalue weighted by molar-refractivity contribution is -0.0631. The first-order chi connectivity index (χ1) is 9.23. The molecule has 3 nitrogen and oxygen atoms in total. The lowest BCUT2D eigenvalue weighted by Gasteiger charge is -2.27. The van der Waals surface area contributed by atoms with Crippen molar-refractivity contribution in [3.05, 3.63) is 18.2 Å². The Labute approximate surface area is 126 Å². The van der Waals surface area contributed by atoms with Crippen molar-refractivity contribution in [2.75, 3.05) is 12.3 Å². The summed E-state index contributed by atoms with van der Waals surface area (Å²) in [7, 11) is 0. The molecule has 0 aliphatic carbocycles. The molecule has 1 aromatic rings. The molecule has 1 unspecified atom stereocenters. The quantitative estimate of drug-likeness (QED) is 0.849. The van der Waals surface area contributed by atoms with Crippen molar-refractivity contribution >= 4 is 17.4 Å². The third-order valence-electron chi connectivity index (χ3n) is 3.56. The van der Waals surface area contributed by atoms with E-state index in [4.69, 9.17) is 15.2 Å². The number of anilines is 1. The van der Waals surface area contributed by atoms with E-state index in [-0.39, 0.29) is 11.2 Å². The maximum Gasteiger partial charge on any atom is 0.120 e. The van der Waals surface area contributed by atoms with Crippen LogP contribution in [0.4, 0.5) is 5.69 Å². The van der Waals surface area contributed by atoms with E-state index in [1.54, 1.807) is 11.8 Å². The van der Waals surface area contributed by atoms with Crippen LogP contribution >= 0.6 is 11.8 Å². The highest BCUT2D eigenvalue weighted by molar-refractivity contribution is 8.00. The molecule has 0 bridgehead atoms. The monoisotopic (exact) mass is 295 g/mol. The van der Waals surface area contributed by atoms with Gasteiger partial charge >= 0.3 is 0 Å². The molecule has 2 N–H and O–H groups in total. The standard InChI is InChI=1S/C16H25NO2S/c1-6-18-11-7-8-12(17)13(9-11)20-14-10-15(2,3)19-16(14,4)5/h7-9,14H,6,10,17H2,1-5H3. The Bertz CT molecular complexity index is 485. The van der Waals surface area contributed by atoms with Gasteiger partial charge in [-0.05, 0) is 59.2 Å². The van der Waals surface area contributed by atoms with Crippen molar-refractivity contribution < 1.29 is 9.47 Å². The minimum Gasteiger partial charge on any atom is -0.494 e. The SMILES string of the molecule is CCOc1ccc(N)c(SC2CC(C)(C)OC2(C)C)c1. The topological polar surface area (TPSA) is 44.5 Å². The van der Waals surface area contributed by atoms with Gasteiger partial charge in [-0.1, -0.05) is 0 Å². The zero-order valence-corrected chi connectivity index (χ0v) is 13.8. The highest BCUT2D eigenvalue weighted by Crippen LogP contribution is 2.47. The number of benzene rings is 1. The molecule has 0 aromatic heterocycles. The van der Waals surface area contributed by atoms with Crippen LogP contribution in [-0.2, 0) is 4.74 Å². The molecule has 1 aliphatic rings. The molecule has 1 atom stereocenters. The molecule has 20 heavy (non-hydrogen) atoms. The fraction of sp³-hybridized carbons (Fsp3) is 0.625. The fourth-order valence-corrected chi connectivity index (χ4v) is 4.23. The van der Waals surface area contributed by atoms with E-state index in [1.165, 1.54) is 0 Å². The van der Waals surface area contributed by atoms with Gasteiger partial charge in [0.2, 0.25) is 0 Å². The Kier molecular flexibility index (Phi) is 4.26. The molecule has 1 saturated heterocycles. The third kappa shape index (κ3) is 3.41. The first-order valence-corrected chi connectivity index (χ1v) is 8.00. The number of hydrogen-bond donors (Lipinski definition) is 1. The maximum atomic E-state index is 6.15. The van der Waals surface area contributed by atoms with Crippen molar-refractivity contribution in [2.24, 2.45) is 0 Å². The van der Waals surface area contributed by atoms with Crippen molar-refractivity contribution in [3.63, 3.8) is 0 Å².